The van der Waals surface area contributed by atoms with Crippen LogP contribution in [-0.4, -0.2) is 60.6 Å². The first-order chi connectivity index (χ1) is 9.17. The predicted octanol–water partition coefficient (Wildman–Crippen LogP) is 1.89. The molecule has 1 amide bonds. The summed E-state index contributed by atoms with van der Waals surface area (Å²) in [6, 6.07) is 1.04. The standard InChI is InChI=1S/C15H28N2O2/c1-4-16-9-5-7-13(16)14-8-6-10-17(14)15(18)11-12(2)19-3/h12-14H,4-11H2,1-3H3/t12-,13-,14+/m1/s1. The molecule has 110 valence electrons. The molecular formula is C15H28N2O2. The van der Waals surface area contributed by atoms with Crippen LogP contribution in [0.4, 0.5) is 0 Å². The molecular weight excluding hydrogens is 240 g/mol. The van der Waals surface area contributed by atoms with Gasteiger partial charge in [0.2, 0.25) is 5.91 Å². The number of likely N-dealkylation sites (tertiary alicyclic amines) is 2. The monoisotopic (exact) mass is 268 g/mol. The summed E-state index contributed by atoms with van der Waals surface area (Å²) in [4.78, 5) is 17.1. The zero-order valence-corrected chi connectivity index (χ0v) is 12.6. The van der Waals surface area contributed by atoms with Gasteiger partial charge >= 0.3 is 0 Å². The molecule has 4 nitrogen and oxygen atoms in total. The molecule has 3 atom stereocenters. The number of hydrogen-bond acceptors (Lipinski definition) is 3. The van der Waals surface area contributed by atoms with Crippen LogP contribution in [0.1, 0.15) is 46.0 Å². The van der Waals surface area contributed by atoms with E-state index in [0.29, 0.717) is 18.5 Å². The predicted molar refractivity (Wildman–Crippen MR) is 76.1 cm³/mol. The average Bonchev–Trinajstić information content (AvgIpc) is 3.05. The third kappa shape index (κ3) is 3.29. The maximum absolute atomic E-state index is 12.4. The molecule has 0 aromatic carbocycles. The summed E-state index contributed by atoms with van der Waals surface area (Å²) >= 11 is 0. The number of nitrogens with zero attached hydrogens (tertiary/aromatic N) is 2. The maximum atomic E-state index is 12.4. The largest absolute Gasteiger partial charge is 0.381 e. The van der Waals surface area contributed by atoms with Gasteiger partial charge in [0.1, 0.15) is 0 Å². The van der Waals surface area contributed by atoms with E-state index in [9.17, 15) is 4.79 Å². The van der Waals surface area contributed by atoms with Gasteiger partial charge in [-0.15, -0.1) is 0 Å². The van der Waals surface area contributed by atoms with E-state index in [1.54, 1.807) is 7.11 Å². The molecule has 0 aromatic rings. The SMILES string of the molecule is CCN1CCC[C@@H]1[C@@H]1CCCN1C(=O)C[C@@H](C)OC. The molecule has 2 aliphatic rings. The highest BCUT2D eigenvalue weighted by atomic mass is 16.5. The van der Waals surface area contributed by atoms with Crippen molar-refractivity contribution in [1.82, 2.24) is 9.80 Å². The topological polar surface area (TPSA) is 32.8 Å². The molecule has 2 aliphatic heterocycles. The van der Waals surface area contributed by atoms with Gasteiger partial charge in [0.15, 0.2) is 0 Å². The van der Waals surface area contributed by atoms with Crippen molar-refractivity contribution in [1.29, 1.82) is 0 Å². The van der Waals surface area contributed by atoms with Crippen LogP contribution in [0.5, 0.6) is 0 Å². The molecule has 0 N–H and O–H groups in total. The molecule has 0 spiro atoms. The quantitative estimate of drug-likeness (QED) is 0.763. The lowest BCUT2D eigenvalue weighted by Gasteiger charge is -2.35. The Labute approximate surface area is 117 Å². The van der Waals surface area contributed by atoms with Crippen LogP contribution >= 0.6 is 0 Å². The number of methoxy groups -OCH3 is 1. The summed E-state index contributed by atoms with van der Waals surface area (Å²) < 4.78 is 5.23. The number of amides is 1. The van der Waals surface area contributed by atoms with Crippen molar-refractivity contribution in [2.75, 3.05) is 26.7 Å². The van der Waals surface area contributed by atoms with Gasteiger partial charge in [0, 0.05) is 25.7 Å². The molecule has 2 heterocycles. The van der Waals surface area contributed by atoms with Gasteiger partial charge in [-0.1, -0.05) is 6.92 Å². The fraction of sp³-hybridized carbons (Fsp3) is 0.933. The Morgan fingerprint density at radius 1 is 1.26 bits per heavy atom. The number of carbonyl (C=O) groups excluding carboxylic acids is 1. The van der Waals surface area contributed by atoms with Gasteiger partial charge in [-0.2, -0.15) is 0 Å². The molecule has 0 aromatic heterocycles. The van der Waals surface area contributed by atoms with E-state index in [1.165, 1.54) is 25.8 Å². The van der Waals surface area contributed by atoms with Gasteiger partial charge < -0.3 is 9.64 Å². The zero-order chi connectivity index (χ0) is 13.8. The molecule has 0 aliphatic carbocycles. The van der Waals surface area contributed by atoms with Crippen molar-refractivity contribution < 1.29 is 9.53 Å². The van der Waals surface area contributed by atoms with Crippen molar-refractivity contribution in [3.63, 3.8) is 0 Å². The minimum atomic E-state index is 0.0274. The minimum Gasteiger partial charge on any atom is -0.381 e. The van der Waals surface area contributed by atoms with E-state index >= 15 is 0 Å². The molecule has 19 heavy (non-hydrogen) atoms. The Balaban J connectivity index is 1.98. The number of carbonyl (C=O) groups is 1. The molecule has 0 saturated carbocycles. The first kappa shape index (κ1) is 14.8. The molecule has 0 radical (unpaired) electrons. The van der Waals surface area contributed by atoms with Crippen molar-refractivity contribution in [2.45, 2.75) is 64.1 Å². The van der Waals surface area contributed by atoms with E-state index in [-0.39, 0.29) is 12.0 Å². The molecule has 2 fully saturated rings. The van der Waals surface area contributed by atoms with Gasteiger partial charge in [-0.05, 0) is 45.7 Å². The summed E-state index contributed by atoms with van der Waals surface area (Å²) in [6.45, 7) is 7.45. The number of likely N-dealkylation sites (N-methyl/N-ethyl adjacent to an activating group) is 1. The van der Waals surface area contributed by atoms with Gasteiger partial charge in [-0.25, -0.2) is 0 Å². The smallest absolute Gasteiger partial charge is 0.225 e. The summed E-state index contributed by atoms with van der Waals surface area (Å²) in [5, 5.41) is 0. The number of hydrogen-bond donors (Lipinski definition) is 0. The summed E-state index contributed by atoms with van der Waals surface area (Å²) in [6.07, 6.45) is 5.42. The Morgan fingerprint density at radius 2 is 1.95 bits per heavy atom. The minimum absolute atomic E-state index is 0.0274. The molecule has 0 unspecified atom stereocenters. The van der Waals surface area contributed by atoms with E-state index in [2.05, 4.69) is 16.7 Å². The van der Waals surface area contributed by atoms with Crippen molar-refractivity contribution >= 4 is 5.91 Å². The Bertz CT molecular complexity index is 309. The summed E-state index contributed by atoms with van der Waals surface area (Å²) in [5.41, 5.74) is 0. The van der Waals surface area contributed by atoms with Crippen LogP contribution in [0, 0.1) is 0 Å². The van der Waals surface area contributed by atoms with Gasteiger partial charge in [0.05, 0.1) is 12.5 Å². The second-order valence-corrected chi connectivity index (χ2v) is 5.89. The van der Waals surface area contributed by atoms with Crippen LogP contribution in [0.3, 0.4) is 0 Å². The zero-order valence-electron chi connectivity index (χ0n) is 12.6. The molecule has 2 rings (SSSR count). The molecule has 4 heteroatoms. The van der Waals surface area contributed by atoms with Gasteiger partial charge in [0.25, 0.3) is 0 Å². The van der Waals surface area contributed by atoms with Crippen molar-refractivity contribution in [2.24, 2.45) is 0 Å². The number of rotatable bonds is 5. The normalized spacial score (nSPS) is 29.9. The second-order valence-electron chi connectivity index (χ2n) is 5.89. The fourth-order valence-electron chi connectivity index (χ4n) is 3.63. The van der Waals surface area contributed by atoms with Gasteiger partial charge in [-0.3, -0.25) is 9.69 Å². The highest BCUT2D eigenvalue weighted by Gasteiger charge is 2.39. The fourth-order valence-corrected chi connectivity index (χ4v) is 3.63. The van der Waals surface area contributed by atoms with E-state index in [4.69, 9.17) is 4.74 Å². The third-order valence-corrected chi connectivity index (χ3v) is 4.75. The highest BCUT2D eigenvalue weighted by molar-refractivity contribution is 5.77. The highest BCUT2D eigenvalue weighted by Crippen LogP contribution is 2.30. The first-order valence-corrected chi connectivity index (χ1v) is 7.73. The lowest BCUT2D eigenvalue weighted by molar-refractivity contribution is -0.135. The Kier molecular flexibility index (Phi) is 5.22. The van der Waals surface area contributed by atoms with Crippen LogP contribution in [0.25, 0.3) is 0 Å². The average molecular weight is 268 g/mol. The second kappa shape index (κ2) is 6.71. The summed E-state index contributed by atoms with van der Waals surface area (Å²) in [5.74, 6) is 0.278. The summed E-state index contributed by atoms with van der Waals surface area (Å²) in [7, 11) is 1.68. The number of ether oxygens (including phenoxy) is 1. The van der Waals surface area contributed by atoms with Crippen LogP contribution < -0.4 is 0 Å². The lowest BCUT2D eigenvalue weighted by atomic mass is 10.0. The Hall–Kier alpha value is -0.610. The van der Waals surface area contributed by atoms with Crippen LogP contribution in [-0.2, 0) is 9.53 Å². The Morgan fingerprint density at radius 3 is 2.63 bits per heavy atom. The lowest BCUT2D eigenvalue weighted by Crippen LogP contribution is -2.48. The molecule has 2 saturated heterocycles. The van der Waals surface area contributed by atoms with Crippen LogP contribution in [0.2, 0.25) is 0 Å². The maximum Gasteiger partial charge on any atom is 0.225 e. The van der Waals surface area contributed by atoms with Crippen molar-refractivity contribution in [3.05, 3.63) is 0 Å². The van der Waals surface area contributed by atoms with E-state index in [1.807, 2.05) is 6.92 Å². The molecule has 0 bridgehead atoms. The van der Waals surface area contributed by atoms with Crippen LogP contribution in [0.15, 0.2) is 0 Å². The van der Waals surface area contributed by atoms with E-state index in [0.717, 1.165) is 19.5 Å². The van der Waals surface area contributed by atoms with Crippen molar-refractivity contribution in [3.8, 4) is 0 Å². The third-order valence-electron chi connectivity index (χ3n) is 4.75. The first-order valence-electron chi connectivity index (χ1n) is 7.73. The van der Waals surface area contributed by atoms with E-state index < -0.39 is 0 Å².